The maximum absolute atomic E-state index is 12.4. The Morgan fingerprint density at radius 1 is 0.903 bits per heavy atom. The van der Waals surface area contributed by atoms with Crippen molar-refractivity contribution >= 4 is 40.7 Å². The van der Waals surface area contributed by atoms with Gasteiger partial charge in [-0.05, 0) is 31.9 Å². The van der Waals surface area contributed by atoms with E-state index in [0.717, 1.165) is 75.5 Å². The monoisotopic (exact) mass is 483 g/mol. The molecule has 0 aliphatic carbocycles. The summed E-state index contributed by atoms with van der Waals surface area (Å²) in [6.45, 7) is 9.12. The van der Waals surface area contributed by atoms with Crippen LogP contribution in [0.5, 0.6) is 0 Å². The van der Waals surface area contributed by atoms with Crippen LogP contribution in [-0.2, 0) is 17.9 Å². The van der Waals surface area contributed by atoms with Crippen LogP contribution in [0.2, 0.25) is 15.2 Å². The minimum atomic E-state index is 0.268. The number of aromatic nitrogens is 2. The summed E-state index contributed by atoms with van der Waals surface area (Å²) in [5.41, 5.74) is 2.77. The van der Waals surface area contributed by atoms with Crippen LogP contribution in [0.15, 0.2) is 18.2 Å². The summed E-state index contributed by atoms with van der Waals surface area (Å²) in [4.78, 5) is 19.0. The van der Waals surface area contributed by atoms with E-state index in [4.69, 9.17) is 34.8 Å². The number of carbonyl (C=O) groups is 1. The minimum absolute atomic E-state index is 0.268. The van der Waals surface area contributed by atoms with Gasteiger partial charge >= 0.3 is 0 Å². The quantitative estimate of drug-likeness (QED) is 0.623. The van der Waals surface area contributed by atoms with Crippen LogP contribution in [0.3, 0.4) is 0 Å². The Labute approximate surface area is 198 Å². The highest BCUT2D eigenvalue weighted by atomic mass is 35.5. The molecule has 0 saturated carbocycles. The van der Waals surface area contributed by atoms with E-state index in [-0.39, 0.29) is 5.91 Å². The molecular weight excluding hydrogens is 457 g/mol. The third kappa shape index (κ3) is 5.37. The van der Waals surface area contributed by atoms with Crippen LogP contribution < -0.4 is 0 Å². The summed E-state index contributed by atoms with van der Waals surface area (Å²) < 4.78 is 1.77. The smallest absolute Gasteiger partial charge is 0.236 e. The summed E-state index contributed by atoms with van der Waals surface area (Å²) >= 11 is 19.3. The summed E-state index contributed by atoms with van der Waals surface area (Å²) in [6, 6.07) is 5.47. The second kappa shape index (κ2) is 10.1. The van der Waals surface area contributed by atoms with E-state index in [9.17, 15) is 4.79 Å². The number of hydrogen-bond acceptors (Lipinski definition) is 4. The number of piperazine rings is 1. The number of aryl methyl sites for hydroxylation is 1. The van der Waals surface area contributed by atoms with Gasteiger partial charge in [0.2, 0.25) is 5.91 Å². The Hall–Kier alpha value is -1.31. The average molecular weight is 485 g/mol. The van der Waals surface area contributed by atoms with Gasteiger partial charge in [-0.3, -0.25) is 14.6 Å². The van der Waals surface area contributed by atoms with Crippen LogP contribution >= 0.6 is 34.8 Å². The molecule has 31 heavy (non-hydrogen) atoms. The van der Waals surface area contributed by atoms with Crippen molar-refractivity contribution in [3.05, 3.63) is 50.2 Å². The maximum Gasteiger partial charge on any atom is 0.236 e. The molecule has 0 spiro atoms. The summed E-state index contributed by atoms with van der Waals surface area (Å²) in [6.07, 6.45) is 2.27. The number of benzene rings is 1. The molecule has 1 amide bonds. The molecule has 1 aromatic carbocycles. The van der Waals surface area contributed by atoms with Crippen molar-refractivity contribution in [1.82, 2.24) is 24.5 Å². The molecule has 168 valence electrons. The lowest BCUT2D eigenvalue weighted by molar-refractivity contribution is -0.131. The lowest BCUT2D eigenvalue weighted by Gasteiger charge is -2.35. The van der Waals surface area contributed by atoms with Crippen molar-refractivity contribution < 1.29 is 4.79 Å². The zero-order chi connectivity index (χ0) is 22.0. The Kier molecular flexibility index (Phi) is 7.44. The fourth-order valence-electron chi connectivity index (χ4n) is 4.29. The summed E-state index contributed by atoms with van der Waals surface area (Å²) in [5.74, 6) is 0.268. The predicted molar refractivity (Wildman–Crippen MR) is 125 cm³/mol. The molecule has 2 aliphatic heterocycles. The molecule has 0 atom stereocenters. The van der Waals surface area contributed by atoms with Crippen molar-refractivity contribution in [3.63, 3.8) is 0 Å². The zero-order valence-corrected chi connectivity index (χ0v) is 20.1. The van der Waals surface area contributed by atoms with E-state index in [1.54, 1.807) is 4.68 Å². The number of carbonyl (C=O) groups excluding carboxylic acids is 1. The van der Waals surface area contributed by atoms with E-state index in [0.29, 0.717) is 28.3 Å². The van der Waals surface area contributed by atoms with Crippen molar-refractivity contribution in [2.24, 2.45) is 0 Å². The van der Waals surface area contributed by atoms with Crippen molar-refractivity contribution in [3.8, 4) is 0 Å². The number of rotatable bonds is 6. The number of hydrogen-bond donors (Lipinski definition) is 0. The van der Waals surface area contributed by atoms with Gasteiger partial charge in [-0.2, -0.15) is 5.10 Å². The van der Waals surface area contributed by atoms with Crippen LogP contribution in [-0.4, -0.2) is 76.2 Å². The van der Waals surface area contributed by atoms with E-state index >= 15 is 0 Å². The highest BCUT2D eigenvalue weighted by molar-refractivity contribution is 6.36. The maximum atomic E-state index is 12.4. The molecule has 4 rings (SSSR count). The van der Waals surface area contributed by atoms with Crippen LogP contribution in [0.1, 0.15) is 29.7 Å². The molecule has 2 saturated heterocycles. The molecule has 0 bridgehead atoms. The van der Waals surface area contributed by atoms with Gasteiger partial charge in [0.1, 0.15) is 5.15 Å². The van der Waals surface area contributed by atoms with E-state index in [1.165, 1.54) is 0 Å². The summed E-state index contributed by atoms with van der Waals surface area (Å²) in [7, 11) is 0. The topological polar surface area (TPSA) is 44.6 Å². The SMILES string of the molecule is Cc1nn(Cc2c(Cl)cccc2Cl)c(Cl)c1CN1CCN(CC(=O)N2CCCC2)CC1. The Morgan fingerprint density at radius 2 is 1.52 bits per heavy atom. The van der Waals surface area contributed by atoms with Gasteiger partial charge < -0.3 is 4.90 Å². The van der Waals surface area contributed by atoms with Crippen LogP contribution in [0.25, 0.3) is 0 Å². The molecule has 2 fully saturated rings. The lowest BCUT2D eigenvalue weighted by Crippen LogP contribution is -2.49. The van der Waals surface area contributed by atoms with Gasteiger partial charge in [0, 0.05) is 67.0 Å². The van der Waals surface area contributed by atoms with Crippen LogP contribution in [0, 0.1) is 6.92 Å². The molecule has 0 radical (unpaired) electrons. The van der Waals surface area contributed by atoms with Gasteiger partial charge in [0.15, 0.2) is 0 Å². The average Bonchev–Trinajstić information content (AvgIpc) is 3.37. The molecule has 9 heteroatoms. The fourth-order valence-corrected chi connectivity index (χ4v) is 5.11. The molecule has 0 N–H and O–H groups in total. The normalized spacial score (nSPS) is 18.1. The largest absolute Gasteiger partial charge is 0.342 e. The molecule has 6 nitrogen and oxygen atoms in total. The first-order valence-electron chi connectivity index (χ1n) is 10.8. The molecule has 0 unspecified atom stereocenters. The van der Waals surface area contributed by atoms with Crippen molar-refractivity contribution in [2.45, 2.75) is 32.9 Å². The molecule has 3 heterocycles. The minimum Gasteiger partial charge on any atom is -0.342 e. The molecule has 1 aromatic heterocycles. The zero-order valence-electron chi connectivity index (χ0n) is 17.8. The molecular formula is C22H28Cl3N5O. The van der Waals surface area contributed by atoms with Gasteiger partial charge in [-0.1, -0.05) is 40.9 Å². The standard InChI is InChI=1S/C22H28Cl3N5O/c1-16-17(22(25)30(26-16)14-18-19(23)5-4-6-20(18)24)13-27-9-11-28(12-10-27)15-21(31)29-7-2-3-8-29/h4-6H,2-3,7-15H2,1H3. The van der Waals surface area contributed by atoms with E-state index in [1.807, 2.05) is 30.0 Å². The van der Waals surface area contributed by atoms with Crippen molar-refractivity contribution in [2.75, 3.05) is 45.8 Å². The third-order valence-corrected chi connectivity index (χ3v) is 7.35. The van der Waals surface area contributed by atoms with Gasteiger partial charge in [-0.25, -0.2) is 4.68 Å². The van der Waals surface area contributed by atoms with Crippen LogP contribution in [0.4, 0.5) is 0 Å². The predicted octanol–water partition coefficient (Wildman–Crippen LogP) is 3.94. The second-order valence-corrected chi connectivity index (χ2v) is 9.53. The summed E-state index contributed by atoms with van der Waals surface area (Å²) in [5, 5.41) is 6.48. The molecule has 2 aliphatic rings. The van der Waals surface area contributed by atoms with Gasteiger partial charge in [0.25, 0.3) is 0 Å². The highest BCUT2D eigenvalue weighted by Gasteiger charge is 2.25. The number of halogens is 3. The van der Waals surface area contributed by atoms with Gasteiger partial charge in [-0.15, -0.1) is 0 Å². The van der Waals surface area contributed by atoms with Gasteiger partial charge in [0.05, 0.1) is 18.8 Å². The first kappa shape index (κ1) is 22.9. The Balaban J connectivity index is 1.34. The number of nitrogens with zero attached hydrogens (tertiary/aromatic N) is 5. The Bertz CT molecular complexity index is 913. The van der Waals surface area contributed by atoms with E-state index < -0.39 is 0 Å². The first-order chi connectivity index (χ1) is 14.9. The third-order valence-electron chi connectivity index (χ3n) is 6.22. The molecule has 2 aromatic rings. The Morgan fingerprint density at radius 3 is 2.16 bits per heavy atom. The van der Waals surface area contributed by atoms with Crippen molar-refractivity contribution in [1.29, 1.82) is 0 Å². The highest BCUT2D eigenvalue weighted by Crippen LogP contribution is 2.28. The number of likely N-dealkylation sites (tertiary alicyclic amines) is 1. The van der Waals surface area contributed by atoms with E-state index in [2.05, 4.69) is 14.9 Å². The lowest BCUT2D eigenvalue weighted by atomic mass is 10.2. The first-order valence-corrected chi connectivity index (χ1v) is 11.9. The fraction of sp³-hybridized carbons (Fsp3) is 0.545. The number of amides is 1. The second-order valence-electron chi connectivity index (χ2n) is 8.35.